The van der Waals surface area contributed by atoms with Crippen LogP contribution in [-0.4, -0.2) is 42.6 Å². The molecule has 2 aliphatic heterocycles. The Morgan fingerprint density at radius 2 is 1.93 bits per heavy atom. The fourth-order valence-corrected chi connectivity index (χ4v) is 5.06. The van der Waals surface area contributed by atoms with Crippen LogP contribution in [-0.2, 0) is 28.7 Å². The number of carbonyl (C=O) groups is 1. The standard InChI is InChI=1S/C22H29F3N2O2/c1-21(8-4-19(13-21)26-18-6-10-29-11-7-18)20(28)27-9-5-15-2-3-17(22(23,24)25)12-16(15)14-27/h2-3,12,18-19,26H,4-11,13-14H2,1H3/t19-,21+/m1/s1. The molecule has 1 saturated carbocycles. The van der Waals surface area contributed by atoms with Gasteiger partial charge in [-0.25, -0.2) is 0 Å². The molecule has 0 spiro atoms. The third kappa shape index (κ3) is 4.45. The largest absolute Gasteiger partial charge is 0.416 e. The van der Waals surface area contributed by atoms with Gasteiger partial charge in [-0.3, -0.25) is 4.79 Å². The molecule has 4 nitrogen and oxygen atoms in total. The van der Waals surface area contributed by atoms with E-state index in [-0.39, 0.29) is 12.5 Å². The van der Waals surface area contributed by atoms with Gasteiger partial charge in [-0.1, -0.05) is 13.0 Å². The van der Waals surface area contributed by atoms with Crippen LogP contribution in [0.4, 0.5) is 13.2 Å². The third-order valence-electron chi connectivity index (χ3n) is 6.78. The molecule has 1 amide bonds. The van der Waals surface area contributed by atoms with Crippen LogP contribution in [0.25, 0.3) is 0 Å². The Morgan fingerprint density at radius 3 is 2.66 bits per heavy atom. The van der Waals surface area contributed by atoms with Gasteiger partial charge in [0.25, 0.3) is 0 Å². The van der Waals surface area contributed by atoms with Gasteiger partial charge in [0.05, 0.1) is 5.56 Å². The topological polar surface area (TPSA) is 41.6 Å². The van der Waals surface area contributed by atoms with Crippen molar-refractivity contribution in [3.63, 3.8) is 0 Å². The van der Waals surface area contributed by atoms with E-state index < -0.39 is 17.2 Å². The Balaban J connectivity index is 1.41. The molecule has 1 saturated heterocycles. The van der Waals surface area contributed by atoms with Crippen molar-refractivity contribution in [2.45, 2.75) is 70.3 Å². The number of rotatable bonds is 3. The second-order valence-corrected chi connectivity index (χ2v) is 9.01. The number of nitrogens with zero attached hydrogens (tertiary/aromatic N) is 1. The molecule has 3 aliphatic rings. The van der Waals surface area contributed by atoms with Crippen molar-refractivity contribution in [3.8, 4) is 0 Å². The zero-order valence-electron chi connectivity index (χ0n) is 16.9. The molecule has 1 N–H and O–H groups in total. The molecule has 2 atom stereocenters. The fourth-order valence-electron chi connectivity index (χ4n) is 5.06. The van der Waals surface area contributed by atoms with Crippen molar-refractivity contribution in [1.82, 2.24) is 10.2 Å². The highest BCUT2D eigenvalue weighted by Gasteiger charge is 2.44. The van der Waals surface area contributed by atoms with E-state index in [1.807, 2.05) is 6.92 Å². The molecular weight excluding hydrogens is 381 g/mol. The number of benzene rings is 1. The molecule has 0 aromatic heterocycles. The monoisotopic (exact) mass is 410 g/mol. The number of ether oxygens (including phenoxy) is 1. The van der Waals surface area contributed by atoms with Crippen molar-refractivity contribution >= 4 is 5.91 Å². The second-order valence-electron chi connectivity index (χ2n) is 9.01. The molecule has 2 heterocycles. The maximum atomic E-state index is 13.3. The van der Waals surface area contributed by atoms with E-state index >= 15 is 0 Å². The van der Waals surface area contributed by atoms with Gasteiger partial charge < -0.3 is 15.0 Å². The molecule has 7 heteroatoms. The third-order valence-corrected chi connectivity index (χ3v) is 6.78. The van der Waals surface area contributed by atoms with E-state index in [4.69, 9.17) is 4.74 Å². The lowest BCUT2D eigenvalue weighted by atomic mass is 9.85. The number of hydrogen-bond donors (Lipinski definition) is 1. The summed E-state index contributed by atoms with van der Waals surface area (Å²) in [5.74, 6) is 0.0804. The first-order valence-corrected chi connectivity index (χ1v) is 10.6. The Bertz CT molecular complexity index is 761. The number of amides is 1. The average molecular weight is 410 g/mol. The highest BCUT2D eigenvalue weighted by Crippen LogP contribution is 2.41. The summed E-state index contributed by atoms with van der Waals surface area (Å²) in [6.45, 7) is 4.43. The van der Waals surface area contributed by atoms with E-state index in [1.54, 1.807) is 11.0 Å². The SMILES string of the molecule is C[C@]1(C(=O)N2CCc3ccc(C(F)(F)F)cc3C2)CC[C@@H](NC2CCOCC2)C1. The number of hydrogen-bond acceptors (Lipinski definition) is 3. The normalized spacial score (nSPS) is 28.4. The minimum absolute atomic E-state index is 0.0804. The molecule has 1 aromatic carbocycles. The summed E-state index contributed by atoms with van der Waals surface area (Å²) < 4.78 is 44.6. The van der Waals surface area contributed by atoms with Crippen LogP contribution in [0.15, 0.2) is 18.2 Å². The molecule has 1 aromatic rings. The molecule has 4 rings (SSSR count). The maximum absolute atomic E-state index is 13.3. The van der Waals surface area contributed by atoms with Crippen LogP contribution < -0.4 is 5.32 Å². The second kappa shape index (κ2) is 7.91. The fraction of sp³-hybridized carbons (Fsp3) is 0.682. The van der Waals surface area contributed by atoms with Gasteiger partial charge in [-0.05, 0) is 61.8 Å². The maximum Gasteiger partial charge on any atom is 0.416 e. The molecule has 0 unspecified atom stereocenters. The van der Waals surface area contributed by atoms with Gasteiger partial charge >= 0.3 is 6.18 Å². The lowest BCUT2D eigenvalue weighted by Gasteiger charge is -2.36. The number of alkyl halides is 3. The molecule has 1 aliphatic carbocycles. The highest BCUT2D eigenvalue weighted by molar-refractivity contribution is 5.83. The predicted molar refractivity (Wildman–Crippen MR) is 103 cm³/mol. The van der Waals surface area contributed by atoms with Crippen molar-refractivity contribution in [2.75, 3.05) is 19.8 Å². The van der Waals surface area contributed by atoms with E-state index in [1.165, 1.54) is 6.07 Å². The number of carbonyl (C=O) groups excluding carboxylic acids is 1. The van der Waals surface area contributed by atoms with Crippen LogP contribution in [0.2, 0.25) is 0 Å². The highest BCUT2D eigenvalue weighted by atomic mass is 19.4. The van der Waals surface area contributed by atoms with E-state index in [0.717, 1.165) is 56.9 Å². The summed E-state index contributed by atoms with van der Waals surface area (Å²) in [5.41, 5.74) is 0.455. The zero-order valence-corrected chi connectivity index (χ0v) is 16.9. The molecule has 29 heavy (non-hydrogen) atoms. The van der Waals surface area contributed by atoms with Gasteiger partial charge in [-0.15, -0.1) is 0 Å². The molecule has 0 bridgehead atoms. The zero-order chi connectivity index (χ0) is 20.6. The van der Waals surface area contributed by atoms with Gasteiger partial charge in [0.1, 0.15) is 0 Å². The Hall–Kier alpha value is -1.60. The number of fused-ring (bicyclic) bond motifs is 1. The van der Waals surface area contributed by atoms with Crippen molar-refractivity contribution in [2.24, 2.45) is 5.41 Å². The lowest BCUT2D eigenvalue weighted by Crippen LogP contribution is -2.45. The summed E-state index contributed by atoms with van der Waals surface area (Å²) in [7, 11) is 0. The predicted octanol–water partition coefficient (Wildman–Crippen LogP) is 3.92. The Labute approximate surface area is 169 Å². The molecule has 2 fully saturated rings. The van der Waals surface area contributed by atoms with Crippen molar-refractivity contribution in [1.29, 1.82) is 0 Å². The smallest absolute Gasteiger partial charge is 0.381 e. The Morgan fingerprint density at radius 1 is 1.17 bits per heavy atom. The summed E-state index contributed by atoms with van der Waals surface area (Å²) >= 11 is 0. The molecule has 160 valence electrons. The van der Waals surface area contributed by atoms with Crippen molar-refractivity contribution < 1.29 is 22.7 Å². The van der Waals surface area contributed by atoms with Crippen LogP contribution in [0.1, 0.15) is 55.7 Å². The summed E-state index contributed by atoms with van der Waals surface area (Å²) in [5, 5.41) is 3.69. The Kier molecular flexibility index (Phi) is 5.64. The summed E-state index contributed by atoms with van der Waals surface area (Å²) in [6.07, 6.45) is 0.827. The minimum Gasteiger partial charge on any atom is -0.381 e. The van der Waals surface area contributed by atoms with E-state index in [0.29, 0.717) is 30.6 Å². The van der Waals surface area contributed by atoms with Crippen LogP contribution in [0.5, 0.6) is 0 Å². The first kappa shape index (κ1) is 20.7. The van der Waals surface area contributed by atoms with E-state index in [2.05, 4.69) is 5.32 Å². The quantitative estimate of drug-likeness (QED) is 0.821. The van der Waals surface area contributed by atoms with Gasteiger partial charge in [-0.2, -0.15) is 13.2 Å². The first-order valence-electron chi connectivity index (χ1n) is 10.6. The van der Waals surface area contributed by atoms with E-state index in [9.17, 15) is 18.0 Å². The van der Waals surface area contributed by atoms with Crippen LogP contribution in [0.3, 0.4) is 0 Å². The first-order chi connectivity index (χ1) is 13.7. The minimum atomic E-state index is -4.36. The molecule has 0 radical (unpaired) electrons. The number of nitrogens with one attached hydrogen (secondary N) is 1. The van der Waals surface area contributed by atoms with Gasteiger partial charge in [0.15, 0.2) is 0 Å². The van der Waals surface area contributed by atoms with Crippen molar-refractivity contribution in [3.05, 3.63) is 34.9 Å². The van der Waals surface area contributed by atoms with Gasteiger partial charge in [0.2, 0.25) is 5.91 Å². The number of halogens is 3. The summed E-state index contributed by atoms with van der Waals surface area (Å²) in [4.78, 5) is 15.1. The average Bonchev–Trinajstić information content (AvgIpc) is 3.08. The lowest BCUT2D eigenvalue weighted by molar-refractivity contribution is -0.142. The van der Waals surface area contributed by atoms with Gasteiger partial charge in [0, 0.05) is 43.8 Å². The van der Waals surface area contributed by atoms with Crippen LogP contribution >= 0.6 is 0 Å². The molecular formula is C22H29F3N2O2. The van der Waals surface area contributed by atoms with Crippen LogP contribution in [0, 0.1) is 5.41 Å². The summed E-state index contributed by atoms with van der Waals surface area (Å²) in [6, 6.07) is 4.68.